The van der Waals surface area contributed by atoms with Crippen molar-refractivity contribution in [2.24, 2.45) is 0 Å². The molecule has 0 atom stereocenters. The molecule has 10 aromatic carbocycles. The third-order valence-electron chi connectivity index (χ3n) is 13.3. The summed E-state index contributed by atoms with van der Waals surface area (Å²) in [5.41, 5.74) is 18.0. The van der Waals surface area contributed by atoms with Crippen LogP contribution >= 0.6 is 0 Å². The number of benzene rings is 10. The number of para-hydroxylation sites is 1. The van der Waals surface area contributed by atoms with Crippen molar-refractivity contribution in [2.45, 2.75) is 19.3 Å². The maximum Gasteiger partial charge on any atom is 0.137 e. The number of nitrogens with zero attached hydrogens (tertiary/aromatic N) is 2. The van der Waals surface area contributed by atoms with Crippen molar-refractivity contribution < 1.29 is 4.42 Å². The fraction of sp³-hybridized carbons (Fsp3) is 0.0492. The van der Waals surface area contributed by atoms with Gasteiger partial charge in [0.2, 0.25) is 0 Å². The van der Waals surface area contributed by atoms with Crippen molar-refractivity contribution in [1.29, 1.82) is 0 Å². The first-order chi connectivity index (χ1) is 31.5. The Balaban J connectivity index is 0.969. The molecule has 0 saturated carbocycles. The van der Waals surface area contributed by atoms with Gasteiger partial charge in [0.05, 0.1) is 5.69 Å². The number of anilines is 6. The van der Waals surface area contributed by atoms with Crippen LogP contribution in [0.15, 0.2) is 235 Å². The van der Waals surface area contributed by atoms with Gasteiger partial charge in [-0.1, -0.05) is 166 Å². The summed E-state index contributed by atoms with van der Waals surface area (Å²) < 4.78 is 6.47. The monoisotopic (exact) mass is 820 g/mol. The molecule has 0 amide bonds. The van der Waals surface area contributed by atoms with Crippen LogP contribution in [0.25, 0.3) is 66.1 Å². The summed E-state index contributed by atoms with van der Waals surface area (Å²) in [6.45, 7) is 4.75. The average Bonchev–Trinajstić information content (AvgIpc) is 3.83. The predicted octanol–water partition coefficient (Wildman–Crippen LogP) is 17.3. The van der Waals surface area contributed by atoms with E-state index in [1.807, 2.05) is 12.1 Å². The average molecular weight is 821 g/mol. The van der Waals surface area contributed by atoms with E-state index in [1.165, 1.54) is 55.3 Å². The number of hydrogen-bond acceptors (Lipinski definition) is 3. The molecule has 0 saturated heterocycles. The van der Waals surface area contributed by atoms with Crippen LogP contribution in [0.1, 0.15) is 25.0 Å². The van der Waals surface area contributed by atoms with Crippen molar-refractivity contribution in [3.05, 3.63) is 242 Å². The van der Waals surface area contributed by atoms with Gasteiger partial charge in [0.15, 0.2) is 0 Å². The highest BCUT2D eigenvalue weighted by molar-refractivity contribution is 6.07. The summed E-state index contributed by atoms with van der Waals surface area (Å²) in [5, 5.41) is 4.64. The quantitative estimate of drug-likeness (QED) is 0.152. The minimum Gasteiger partial charge on any atom is -0.456 e. The number of fused-ring (bicyclic) bond motifs is 7. The summed E-state index contributed by atoms with van der Waals surface area (Å²) in [4.78, 5) is 4.80. The van der Waals surface area contributed by atoms with E-state index < -0.39 is 0 Å². The Morgan fingerprint density at radius 2 is 0.781 bits per heavy atom. The summed E-state index contributed by atoms with van der Waals surface area (Å²) in [5.74, 6) is 0. The summed E-state index contributed by atoms with van der Waals surface area (Å²) >= 11 is 0. The lowest BCUT2D eigenvalue weighted by molar-refractivity contribution is 0.660. The summed E-state index contributed by atoms with van der Waals surface area (Å²) in [6, 6.07) is 83.4. The second-order valence-corrected chi connectivity index (χ2v) is 17.4. The lowest BCUT2D eigenvalue weighted by Crippen LogP contribution is -2.17. The van der Waals surface area contributed by atoms with Crippen LogP contribution in [0.2, 0.25) is 0 Å². The zero-order chi connectivity index (χ0) is 42.8. The largest absolute Gasteiger partial charge is 0.456 e. The minimum atomic E-state index is -0.288. The molecule has 304 valence electrons. The van der Waals surface area contributed by atoms with Gasteiger partial charge in [0, 0.05) is 56.1 Å². The van der Waals surface area contributed by atoms with Crippen molar-refractivity contribution in [3.63, 3.8) is 0 Å². The van der Waals surface area contributed by atoms with Crippen LogP contribution in [0.3, 0.4) is 0 Å². The second kappa shape index (κ2) is 15.0. The molecule has 1 aliphatic carbocycles. The molecule has 0 bridgehead atoms. The van der Waals surface area contributed by atoms with Crippen LogP contribution in [0, 0.1) is 0 Å². The molecule has 1 aromatic heterocycles. The van der Waals surface area contributed by atoms with Crippen LogP contribution < -0.4 is 9.80 Å². The normalized spacial score (nSPS) is 12.7. The van der Waals surface area contributed by atoms with Gasteiger partial charge in [-0.25, -0.2) is 0 Å². The van der Waals surface area contributed by atoms with E-state index in [4.69, 9.17) is 4.42 Å². The van der Waals surface area contributed by atoms with Gasteiger partial charge in [0.25, 0.3) is 0 Å². The van der Waals surface area contributed by atoms with Gasteiger partial charge >= 0.3 is 0 Å². The van der Waals surface area contributed by atoms with Crippen molar-refractivity contribution >= 4 is 66.8 Å². The molecular weight excluding hydrogens is 777 g/mol. The second-order valence-electron chi connectivity index (χ2n) is 17.4. The minimum absolute atomic E-state index is 0.288. The third kappa shape index (κ3) is 6.28. The van der Waals surface area contributed by atoms with E-state index in [2.05, 4.69) is 242 Å². The fourth-order valence-corrected chi connectivity index (χ4v) is 9.99. The summed E-state index contributed by atoms with van der Waals surface area (Å²) in [6.07, 6.45) is 0. The fourth-order valence-electron chi connectivity index (χ4n) is 9.99. The lowest BCUT2D eigenvalue weighted by Gasteiger charge is -2.29. The van der Waals surface area contributed by atoms with Gasteiger partial charge in [-0.2, -0.15) is 0 Å². The third-order valence-corrected chi connectivity index (χ3v) is 13.3. The molecule has 0 aliphatic heterocycles. The maximum absolute atomic E-state index is 6.47. The molecule has 0 spiro atoms. The zero-order valence-electron chi connectivity index (χ0n) is 35.7. The van der Waals surface area contributed by atoms with Crippen molar-refractivity contribution in [2.75, 3.05) is 9.80 Å². The molecule has 0 fully saturated rings. The lowest BCUT2D eigenvalue weighted by atomic mass is 9.82. The number of rotatable bonds is 8. The van der Waals surface area contributed by atoms with Crippen LogP contribution in [-0.2, 0) is 5.41 Å². The molecular formula is C61H44N2O. The highest BCUT2D eigenvalue weighted by atomic mass is 16.3. The van der Waals surface area contributed by atoms with E-state index in [9.17, 15) is 0 Å². The van der Waals surface area contributed by atoms with E-state index >= 15 is 0 Å². The Hall–Kier alpha value is -8.14. The predicted molar refractivity (Wildman–Crippen MR) is 269 cm³/mol. The Morgan fingerprint density at radius 1 is 0.328 bits per heavy atom. The van der Waals surface area contributed by atoms with Crippen molar-refractivity contribution in [1.82, 2.24) is 0 Å². The number of hydrogen-bond donors (Lipinski definition) is 0. The number of furan rings is 1. The van der Waals surface area contributed by atoms with E-state index in [0.29, 0.717) is 0 Å². The topological polar surface area (TPSA) is 19.6 Å². The molecule has 12 rings (SSSR count). The van der Waals surface area contributed by atoms with E-state index in [1.54, 1.807) is 0 Å². The molecule has 64 heavy (non-hydrogen) atoms. The van der Waals surface area contributed by atoms with E-state index in [0.717, 1.165) is 56.1 Å². The Morgan fingerprint density at radius 3 is 1.41 bits per heavy atom. The molecule has 1 aliphatic rings. The van der Waals surface area contributed by atoms with Crippen LogP contribution in [-0.4, -0.2) is 0 Å². The Kier molecular flexibility index (Phi) is 8.84. The first kappa shape index (κ1) is 37.6. The first-order valence-corrected chi connectivity index (χ1v) is 22.1. The Bertz CT molecular complexity index is 3430. The van der Waals surface area contributed by atoms with Crippen LogP contribution in [0.4, 0.5) is 34.1 Å². The van der Waals surface area contributed by atoms with Gasteiger partial charge in [0.1, 0.15) is 11.2 Å². The Labute approximate surface area is 373 Å². The first-order valence-electron chi connectivity index (χ1n) is 22.1. The van der Waals surface area contributed by atoms with Gasteiger partial charge in [-0.05, 0) is 123 Å². The summed E-state index contributed by atoms with van der Waals surface area (Å²) in [7, 11) is 0. The standard InChI is InChI=1S/C61H44N2O/c1-61(2)56-38-48(62(46-28-24-43(25-29-46)41-14-5-3-6-15-41)47-30-26-44(27-31-47)42-16-7-4-8-17-42)32-35-52(56)53-36-33-49(39-57(53)61)63(58-22-13-19-45-18-9-10-20-51(45)58)50-34-37-55-54-21-11-12-23-59(54)64-60(55)40-50/h3-40H,1-2H3. The SMILES string of the molecule is CC1(C)c2cc(N(c3ccc(-c4ccccc4)cc3)c3ccc(-c4ccccc4)cc3)ccc2-c2ccc(N(c3ccc4c(c3)oc3ccccc34)c3cccc4ccccc34)cc21. The molecule has 0 N–H and O–H groups in total. The zero-order valence-corrected chi connectivity index (χ0v) is 35.7. The molecule has 11 aromatic rings. The van der Waals surface area contributed by atoms with E-state index in [-0.39, 0.29) is 5.41 Å². The molecule has 0 radical (unpaired) electrons. The molecule has 1 heterocycles. The van der Waals surface area contributed by atoms with Gasteiger partial charge < -0.3 is 14.2 Å². The van der Waals surface area contributed by atoms with Crippen molar-refractivity contribution in [3.8, 4) is 33.4 Å². The van der Waals surface area contributed by atoms with Gasteiger partial charge in [-0.15, -0.1) is 0 Å². The molecule has 3 heteroatoms. The smallest absolute Gasteiger partial charge is 0.137 e. The van der Waals surface area contributed by atoms with Crippen LogP contribution in [0.5, 0.6) is 0 Å². The highest BCUT2D eigenvalue weighted by Crippen LogP contribution is 2.53. The maximum atomic E-state index is 6.47. The molecule has 3 nitrogen and oxygen atoms in total. The molecule has 0 unspecified atom stereocenters. The highest BCUT2D eigenvalue weighted by Gasteiger charge is 2.37. The van der Waals surface area contributed by atoms with Gasteiger partial charge in [-0.3, -0.25) is 0 Å².